The van der Waals surface area contributed by atoms with Gasteiger partial charge < -0.3 is 25.4 Å². The van der Waals surface area contributed by atoms with Gasteiger partial charge in [-0.25, -0.2) is 17.6 Å². The molecule has 12 heteroatoms. The van der Waals surface area contributed by atoms with Crippen molar-refractivity contribution in [2.24, 2.45) is 5.92 Å². The Morgan fingerprint density at radius 3 is 2.43 bits per heavy atom. The molecule has 0 saturated carbocycles. The fourth-order valence-electron chi connectivity index (χ4n) is 4.62. The molecule has 0 fully saturated rings. The van der Waals surface area contributed by atoms with E-state index in [1.54, 1.807) is 49.4 Å². The molecule has 0 aromatic heterocycles. The molecule has 4 rings (SSSR count). The molecule has 3 aromatic rings. The van der Waals surface area contributed by atoms with E-state index in [9.17, 15) is 27.5 Å². The molecule has 224 valence electrons. The minimum absolute atomic E-state index is 0.0531. The van der Waals surface area contributed by atoms with E-state index in [1.807, 2.05) is 13.8 Å². The zero-order chi connectivity index (χ0) is 30.6. The van der Waals surface area contributed by atoms with Crippen molar-refractivity contribution in [3.05, 3.63) is 83.7 Å². The van der Waals surface area contributed by atoms with Crippen molar-refractivity contribution in [3.63, 3.8) is 0 Å². The average Bonchev–Trinajstić information content (AvgIpc) is 2.96. The van der Waals surface area contributed by atoms with Crippen LogP contribution in [0.15, 0.2) is 71.6 Å². The monoisotopic (exact) mass is 598 g/mol. The highest BCUT2D eigenvalue weighted by atomic mass is 32.2. The smallest absolute Gasteiger partial charge is 0.323 e. The number of rotatable bonds is 8. The third-order valence-corrected chi connectivity index (χ3v) is 9.05. The van der Waals surface area contributed by atoms with Crippen molar-refractivity contribution in [2.75, 3.05) is 37.4 Å². The van der Waals surface area contributed by atoms with Crippen molar-refractivity contribution in [2.45, 2.75) is 37.8 Å². The first kappa shape index (κ1) is 30.9. The Bertz CT molecular complexity index is 1530. The standard InChI is InChI=1S/C30H35FN4O6S/c1-19-8-14-24(15-9-19)42(39,40)34(4)17-27-20(2)16-35(21(3)18-36)29(37)25-6-5-7-26(28(25)41-27)33-30(38)32-23-12-10-22(31)11-13-23/h5-15,20-21,27,36H,16-18H2,1-4H3,(H2,32,33,38)/t20-,21-,27-/m0/s1. The van der Waals surface area contributed by atoms with Gasteiger partial charge in [0, 0.05) is 25.2 Å². The summed E-state index contributed by atoms with van der Waals surface area (Å²) < 4.78 is 47.7. The van der Waals surface area contributed by atoms with Crippen LogP contribution in [0.4, 0.5) is 20.6 Å². The number of urea groups is 1. The Morgan fingerprint density at radius 2 is 1.79 bits per heavy atom. The lowest BCUT2D eigenvalue weighted by Gasteiger charge is -2.38. The second kappa shape index (κ2) is 12.9. The number of aliphatic hydroxyl groups excluding tert-OH is 1. The molecule has 0 aliphatic carbocycles. The van der Waals surface area contributed by atoms with Crippen LogP contribution in [0, 0.1) is 18.7 Å². The summed E-state index contributed by atoms with van der Waals surface area (Å²) >= 11 is 0. The lowest BCUT2D eigenvalue weighted by molar-refractivity contribution is 0.0389. The van der Waals surface area contributed by atoms with Gasteiger partial charge in [-0.15, -0.1) is 0 Å². The number of fused-ring (bicyclic) bond motifs is 1. The summed E-state index contributed by atoms with van der Waals surface area (Å²) in [5.41, 5.74) is 1.61. The summed E-state index contributed by atoms with van der Waals surface area (Å²) in [5, 5.41) is 15.2. The molecular formula is C30H35FN4O6S. The van der Waals surface area contributed by atoms with Crippen LogP contribution in [-0.2, 0) is 10.0 Å². The Labute approximate surface area is 245 Å². The number of carbonyl (C=O) groups is 2. The number of benzene rings is 3. The average molecular weight is 599 g/mol. The number of likely N-dealkylation sites (N-methyl/N-ethyl adjacent to an activating group) is 1. The molecule has 1 aliphatic rings. The second-order valence-electron chi connectivity index (χ2n) is 10.5. The van der Waals surface area contributed by atoms with E-state index in [2.05, 4.69) is 10.6 Å². The van der Waals surface area contributed by atoms with Crippen LogP contribution in [0.5, 0.6) is 5.75 Å². The van der Waals surface area contributed by atoms with Crippen LogP contribution in [0.3, 0.4) is 0 Å². The zero-order valence-electron chi connectivity index (χ0n) is 23.9. The summed E-state index contributed by atoms with van der Waals surface area (Å²) in [5.74, 6) is -1.15. The van der Waals surface area contributed by atoms with Gasteiger partial charge in [-0.1, -0.05) is 30.7 Å². The summed E-state index contributed by atoms with van der Waals surface area (Å²) in [6, 6.07) is 15.3. The van der Waals surface area contributed by atoms with Crippen molar-refractivity contribution < 1.29 is 32.2 Å². The highest BCUT2D eigenvalue weighted by Crippen LogP contribution is 2.35. The number of hydrogen-bond acceptors (Lipinski definition) is 6. The van der Waals surface area contributed by atoms with E-state index < -0.39 is 39.9 Å². The van der Waals surface area contributed by atoms with Crippen molar-refractivity contribution in [1.82, 2.24) is 9.21 Å². The zero-order valence-corrected chi connectivity index (χ0v) is 24.7. The maximum absolute atomic E-state index is 13.7. The van der Waals surface area contributed by atoms with Crippen LogP contribution in [0.2, 0.25) is 0 Å². The first-order valence-electron chi connectivity index (χ1n) is 13.5. The number of amides is 3. The first-order valence-corrected chi connectivity index (χ1v) is 14.9. The maximum Gasteiger partial charge on any atom is 0.323 e. The third-order valence-electron chi connectivity index (χ3n) is 7.21. The summed E-state index contributed by atoms with van der Waals surface area (Å²) in [7, 11) is -2.40. The number of halogens is 1. The molecule has 1 heterocycles. The van der Waals surface area contributed by atoms with Gasteiger partial charge in [0.25, 0.3) is 5.91 Å². The lowest BCUT2D eigenvalue weighted by Crippen LogP contribution is -2.50. The highest BCUT2D eigenvalue weighted by Gasteiger charge is 2.36. The van der Waals surface area contributed by atoms with Gasteiger partial charge >= 0.3 is 6.03 Å². The molecule has 0 bridgehead atoms. The molecule has 3 N–H and O–H groups in total. The van der Waals surface area contributed by atoms with Gasteiger partial charge in [0.15, 0.2) is 5.75 Å². The second-order valence-corrected chi connectivity index (χ2v) is 12.5. The molecular weight excluding hydrogens is 563 g/mol. The molecule has 0 unspecified atom stereocenters. The fourth-order valence-corrected chi connectivity index (χ4v) is 5.80. The molecule has 0 radical (unpaired) electrons. The van der Waals surface area contributed by atoms with Gasteiger partial charge in [-0.3, -0.25) is 4.79 Å². The molecule has 0 saturated heterocycles. The number of aryl methyl sites for hydroxylation is 1. The fraction of sp³-hybridized carbons (Fsp3) is 0.333. The van der Waals surface area contributed by atoms with Crippen LogP contribution >= 0.6 is 0 Å². The number of hydrogen-bond donors (Lipinski definition) is 3. The number of para-hydroxylation sites is 1. The SMILES string of the molecule is Cc1ccc(S(=O)(=O)N(C)C[C@@H]2Oc3c(NC(=O)Nc4ccc(F)cc4)cccc3C(=O)N([C@@H](C)CO)C[C@@H]2C)cc1. The van der Waals surface area contributed by atoms with Crippen LogP contribution in [0.1, 0.15) is 29.8 Å². The Balaban J connectivity index is 1.68. The van der Waals surface area contributed by atoms with Gasteiger partial charge in [0.2, 0.25) is 10.0 Å². The molecule has 10 nitrogen and oxygen atoms in total. The van der Waals surface area contributed by atoms with E-state index in [0.717, 1.165) is 5.56 Å². The molecule has 3 atom stereocenters. The Hall–Kier alpha value is -4.00. The van der Waals surface area contributed by atoms with E-state index in [1.165, 1.54) is 40.5 Å². The number of carbonyl (C=O) groups excluding carboxylic acids is 2. The van der Waals surface area contributed by atoms with Crippen molar-refractivity contribution >= 4 is 33.3 Å². The van der Waals surface area contributed by atoms with Crippen molar-refractivity contribution in [3.8, 4) is 5.75 Å². The Morgan fingerprint density at radius 1 is 1.12 bits per heavy atom. The molecule has 0 spiro atoms. The predicted molar refractivity (Wildman–Crippen MR) is 158 cm³/mol. The molecule has 3 aromatic carbocycles. The van der Waals surface area contributed by atoms with Crippen molar-refractivity contribution in [1.29, 1.82) is 0 Å². The maximum atomic E-state index is 13.7. The third kappa shape index (κ3) is 6.89. The van der Waals surface area contributed by atoms with Crippen LogP contribution in [-0.4, -0.2) is 73.6 Å². The largest absolute Gasteiger partial charge is 0.486 e. The quantitative estimate of drug-likeness (QED) is 0.354. The van der Waals surface area contributed by atoms with Gasteiger partial charge in [-0.2, -0.15) is 4.31 Å². The molecule has 3 amide bonds. The minimum Gasteiger partial charge on any atom is -0.486 e. The minimum atomic E-state index is -3.86. The van der Waals surface area contributed by atoms with E-state index >= 15 is 0 Å². The number of aliphatic hydroxyl groups is 1. The van der Waals surface area contributed by atoms with Gasteiger partial charge in [0.05, 0.1) is 35.3 Å². The summed E-state index contributed by atoms with van der Waals surface area (Å²) in [6.07, 6.45) is -0.737. The van der Waals surface area contributed by atoms with Crippen LogP contribution in [0.25, 0.3) is 0 Å². The number of ether oxygens (including phenoxy) is 1. The highest BCUT2D eigenvalue weighted by molar-refractivity contribution is 7.89. The topological polar surface area (TPSA) is 128 Å². The van der Waals surface area contributed by atoms with Gasteiger partial charge in [0.1, 0.15) is 11.9 Å². The molecule has 42 heavy (non-hydrogen) atoms. The normalized spacial score (nSPS) is 18.0. The van der Waals surface area contributed by atoms with E-state index in [4.69, 9.17) is 4.74 Å². The number of anilines is 2. The van der Waals surface area contributed by atoms with Gasteiger partial charge in [-0.05, 0) is 62.4 Å². The number of nitrogens with one attached hydrogen (secondary N) is 2. The summed E-state index contributed by atoms with van der Waals surface area (Å²) in [4.78, 5) is 28.2. The van der Waals surface area contributed by atoms with E-state index in [0.29, 0.717) is 5.69 Å². The number of sulfonamides is 1. The number of nitrogens with zero attached hydrogens (tertiary/aromatic N) is 2. The Kier molecular flexibility index (Phi) is 9.50. The predicted octanol–water partition coefficient (Wildman–Crippen LogP) is 4.32. The first-order chi connectivity index (χ1) is 19.9. The molecule has 1 aliphatic heterocycles. The summed E-state index contributed by atoms with van der Waals surface area (Å²) in [6.45, 7) is 5.29. The lowest BCUT2D eigenvalue weighted by atomic mass is 9.99. The van der Waals surface area contributed by atoms with Crippen LogP contribution < -0.4 is 15.4 Å². The van der Waals surface area contributed by atoms with E-state index in [-0.39, 0.29) is 47.5 Å².